The van der Waals surface area contributed by atoms with Crippen molar-refractivity contribution in [3.05, 3.63) is 51.7 Å². The number of fused-ring (bicyclic) bond motifs is 1. The van der Waals surface area contributed by atoms with E-state index < -0.39 is 0 Å². The maximum atomic E-state index is 12.6. The largest absolute Gasteiger partial charge is 0.484 e. The van der Waals surface area contributed by atoms with Gasteiger partial charge in [0, 0.05) is 43.5 Å². The fourth-order valence-electron chi connectivity index (χ4n) is 3.75. The first-order valence-electron chi connectivity index (χ1n) is 9.55. The Morgan fingerprint density at radius 2 is 2.15 bits per heavy atom. The molecule has 0 saturated carbocycles. The topological polar surface area (TPSA) is 50.8 Å². The Bertz CT molecular complexity index is 772. The third-order valence-corrected chi connectivity index (χ3v) is 5.87. The first-order valence-corrected chi connectivity index (χ1v) is 10.5. The van der Waals surface area contributed by atoms with Crippen LogP contribution in [0.5, 0.6) is 5.75 Å². The molecule has 1 amide bonds. The van der Waals surface area contributed by atoms with Crippen molar-refractivity contribution in [3.63, 3.8) is 0 Å². The van der Waals surface area contributed by atoms with E-state index in [0.717, 1.165) is 43.9 Å². The van der Waals surface area contributed by atoms with Gasteiger partial charge in [0.1, 0.15) is 11.9 Å². The van der Waals surface area contributed by atoms with Crippen molar-refractivity contribution in [1.82, 2.24) is 10.2 Å². The first kappa shape index (κ1) is 18.5. The molecule has 2 aromatic rings. The molecule has 5 nitrogen and oxygen atoms in total. The molecule has 4 rings (SSSR count). The van der Waals surface area contributed by atoms with Gasteiger partial charge in [-0.25, -0.2) is 0 Å². The van der Waals surface area contributed by atoms with Crippen molar-refractivity contribution < 1.29 is 14.3 Å². The summed E-state index contributed by atoms with van der Waals surface area (Å²) in [7, 11) is 0. The third kappa shape index (κ3) is 4.69. The van der Waals surface area contributed by atoms with E-state index in [2.05, 4.69) is 52.2 Å². The van der Waals surface area contributed by atoms with Crippen LogP contribution in [0, 0.1) is 6.92 Å². The van der Waals surface area contributed by atoms with E-state index in [1.54, 1.807) is 11.3 Å². The number of hydrogen-bond donors (Lipinski definition) is 1. The standard InChI is InChI=1S/C21H26N2O3S/c1-15-2-3-19-17(10-15)11-23(12-20(26-19)16-6-9-27-14-16)13-21(24)22-18-4-7-25-8-5-18/h2-3,6,9-10,14,18,20H,4-5,7-8,11-13H2,1H3,(H,22,24). The number of benzene rings is 1. The van der Waals surface area contributed by atoms with E-state index in [0.29, 0.717) is 13.1 Å². The number of amides is 1. The molecule has 0 spiro atoms. The number of aryl methyl sites for hydroxylation is 1. The number of thiophene rings is 1. The molecule has 1 unspecified atom stereocenters. The van der Waals surface area contributed by atoms with Crippen molar-refractivity contribution in [2.75, 3.05) is 26.3 Å². The molecule has 0 aliphatic carbocycles. The van der Waals surface area contributed by atoms with Crippen LogP contribution in [0.2, 0.25) is 0 Å². The number of nitrogens with one attached hydrogen (secondary N) is 1. The van der Waals surface area contributed by atoms with E-state index in [1.807, 2.05) is 0 Å². The molecule has 1 atom stereocenters. The van der Waals surface area contributed by atoms with Gasteiger partial charge in [0.2, 0.25) is 5.91 Å². The number of rotatable bonds is 4. The fourth-order valence-corrected chi connectivity index (χ4v) is 4.45. The predicted octanol–water partition coefficient (Wildman–Crippen LogP) is 3.29. The van der Waals surface area contributed by atoms with Gasteiger partial charge in [-0.1, -0.05) is 17.7 Å². The number of carbonyl (C=O) groups is 1. The molecule has 2 aliphatic heterocycles. The lowest BCUT2D eigenvalue weighted by Crippen LogP contribution is -2.44. The summed E-state index contributed by atoms with van der Waals surface area (Å²) in [6.07, 6.45) is 1.74. The Labute approximate surface area is 164 Å². The molecule has 3 heterocycles. The molecular formula is C21H26N2O3S. The second-order valence-electron chi connectivity index (χ2n) is 7.40. The number of ether oxygens (including phenoxy) is 2. The SMILES string of the molecule is Cc1ccc2c(c1)CN(CC(=O)NC1CCOCC1)CC(c1ccsc1)O2. The highest BCUT2D eigenvalue weighted by atomic mass is 32.1. The smallest absolute Gasteiger partial charge is 0.234 e. The van der Waals surface area contributed by atoms with E-state index in [4.69, 9.17) is 9.47 Å². The van der Waals surface area contributed by atoms with Crippen molar-refractivity contribution in [1.29, 1.82) is 0 Å². The molecule has 6 heteroatoms. The van der Waals surface area contributed by atoms with E-state index in [1.165, 1.54) is 11.1 Å². The lowest BCUT2D eigenvalue weighted by Gasteiger charge is -2.26. The highest BCUT2D eigenvalue weighted by Crippen LogP contribution is 2.32. The minimum absolute atomic E-state index is 0.0592. The van der Waals surface area contributed by atoms with Gasteiger partial charge in [-0.3, -0.25) is 9.69 Å². The molecule has 27 heavy (non-hydrogen) atoms. The molecule has 0 radical (unpaired) electrons. The van der Waals surface area contributed by atoms with Gasteiger partial charge in [-0.05, 0) is 42.7 Å². The van der Waals surface area contributed by atoms with Crippen molar-refractivity contribution in [2.24, 2.45) is 0 Å². The molecule has 1 aromatic heterocycles. The summed E-state index contributed by atoms with van der Waals surface area (Å²) in [5.41, 5.74) is 3.52. The zero-order chi connectivity index (χ0) is 18.6. The molecule has 0 bridgehead atoms. The molecule has 1 aromatic carbocycles. The van der Waals surface area contributed by atoms with Crippen LogP contribution >= 0.6 is 11.3 Å². The highest BCUT2D eigenvalue weighted by molar-refractivity contribution is 7.07. The van der Waals surface area contributed by atoms with Crippen LogP contribution < -0.4 is 10.1 Å². The molecular weight excluding hydrogens is 360 g/mol. The van der Waals surface area contributed by atoms with Gasteiger partial charge in [0.25, 0.3) is 0 Å². The summed E-state index contributed by atoms with van der Waals surface area (Å²) >= 11 is 1.67. The molecule has 1 saturated heterocycles. The zero-order valence-electron chi connectivity index (χ0n) is 15.6. The number of nitrogens with zero attached hydrogens (tertiary/aromatic N) is 1. The van der Waals surface area contributed by atoms with Crippen LogP contribution in [0.25, 0.3) is 0 Å². The first-order chi connectivity index (χ1) is 13.2. The maximum Gasteiger partial charge on any atom is 0.234 e. The maximum absolute atomic E-state index is 12.6. The Morgan fingerprint density at radius 1 is 1.30 bits per heavy atom. The predicted molar refractivity (Wildman–Crippen MR) is 106 cm³/mol. The van der Waals surface area contributed by atoms with Gasteiger partial charge in [-0.15, -0.1) is 0 Å². The van der Waals surface area contributed by atoms with E-state index >= 15 is 0 Å². The average molecular weight is 387 g/mol. The minimum Gasteiger partial charge on any atom is -0.484 e. The van der Waals surface area contributed by atoms with Gasteiger partial charge in [0.05, 0.1) is 6.54 Å². The molecule has 1 fully saturated rings. The Kier molecular flexibility index (Phi) is 5.76. The van der Waals surface area contributed by atoms with E-state index in [9.17, 15) is 4.79 Å². The molecule has 144 valence electrons. The summed E-state index contributed by atoms with van der Waals surface area (Å²) < 4.78 is 11.7. The lowest BCUT2D eigenvalue weighted by molar-refractivity contribution is -0.123. The Balaban J connectivity index is 1.49. The summed E-state index contributed by atoms with van der Waals surface area (Å²) in [5.74, 6) is 1.01. The highest BCUT2D eigenvalue weighted by Gasteiger charge is 2.26. The van der Waals surface area contributed by atoms with Crippen molar-refractivity contribution in [2.45, 2.75) is 38.5 Å². The molecule has 1 N–H and O–H groups in total. The van der Waals surface area contributed by atoms with Gasteiger partial charge in [0.15, 0.2) is 0 Å². The summed E-state index contributed by atoms with van der Waals surface area (Å²) in [6.45, 7) is 5.35. The van der Waals surface area contributed by atoms with Crippen molar-refractivity contribution in [3.8, 4) is 5.75 Å². The van der Waals surface area contributed by atoms with Crippen LogP contribution in [0.1, 0.15) is 35.6 Å². The second kappa shape index (κ2) is 8.42. The summed E-state index contributed by atoms with van der Waals surface area (Å²) in [4.78, 5) is 14.8. The van der Waals surface area contributed by atoms with Crippen molar-refractivity contribution >= 4 is 17.2 Å². The van der Waals surface area contributed by atoms with Crippen LogP contribution in [0.3, 0.4) is 0 Å². The zero-order valence-corrected chi connectivity index (χ0v) is 16.5. The quantitative estimate of drug-likeness (QED) is 0.876. The number of carbonyl (C=O) groups excluding carboxylic acids is 1. The van der Waals surface area contributed by atoms with Crippen LogP contribution in [-0.4, -0.2) is 43.2 Å². The van der Waals surface area contributed by atoms with Crippen LogP contribution in [-0.2, 0) is 16.1 Å². The van der Waals surface area contributed by atoms with E-state index in [-0.39, 0.29) is 18.1 Å². The second-order valence-corrected chi connectivity index (χ2v) is 8.18. The molecule has 2 aliphatic rings. The van der Waals surface area contributed by atoms with Gasteiger partial charge < -0.3 is 14.8 Å². The minimum atomic E-state index is -0.0592. The lowest BCUT2D eigenvalue weighted by atomic mass is 10.1. The summed E-state index contributed by atoms with van der Waals surface area (Å²) in [6, 6.07) is 8.63. The monoisotopic (exact) mass is 386 g/mol. The van der Waals surface area contributed by atoms with Gasteiger partial charge in [-0.2, -0.15) is 11.3 Å². The van der Waals surface area contributed by atoms with Crippen LogP contribution in [0.4, 0.5) is 0 Å². The fraction of sp³-hybridized carbons (Fsp3) is 0.476. The average Bonchev–Trinajstić information content (AvgIpc) is 3.12. The normalized spacial score (nSPS) is 21.1. The summed E-state index contributed by atoms with van der Waals surface area (Å²) in [5, 5.41) is 7.37. The Hall–Kier alpha value is -1.89. The van der Waals surface area contributed by atoms with Crippen LogP contribution in [0.15, 0.2) is 35.0 Å². The number of hydrogen-bond acceptors (Lipinski definition) is 5. The van der Waals surface area contributed by atoms with Gasteiger partial charge >= 0.3 is 0 Å². The Morgan fingerprint density at radius 3 is 2.93 bits per heavy atom. The third-order valence-electron chi connectivity index (χ3n) is 5.17.